The van der Waals surface area contributed by atoms with Gasteiger partial charge in [0.25, 0.3) is 0 Å². The number of hydrogen-bond acceptors (Lipinski definition) is 0. The van der Waals surface area contributed by atoms with Crippen molar-refractivity contribution in [2.75, 3.05) is 0 Å². The average molecular weight is 414 g/mol. The zero-order valence-corrected chi connectivity index (χ0v) is 19.5. The van der Waals surface area contributed by atoms with Gasteiger partial charge in [0.05, 0.1) is 0 Å². The van der Waals surface area contributed by atoms with E-state index in [0.29, 0.717) is 0 Å². The number of rotatable bonds is 6. The molecule has 0 amide bonds. The maximum atomic E-state index is 2.88. The normalized spacial score (nSPS) is 10.9. The largest absolute Gasteiger partial charge is 0.133 e. The minimum Gasteiger partial charge on any atom is -0.133 e. The third kappa shape index (κ3) is 4.44. The van der Waals surface area contributed by atoms with Gasteiger partial charge in [0.2, 0.25) is 0 Å². The summed E-state index contributed by atoms with van der Waals surface area (Å²) in [7, 11) is 11.4. The number of benzene rings is 3. The summed E-state index contributed by atoms with van der Waals surface area (Å²) in [6.07, 6.45) is 3.99. The summed E-state index contributed by atoms with van der Waals surface area (Å²) >= 11 is 0. The summed E-state index contributed by atoms with van der Waals surface area (Å²) in [5.74, 6) is 0. The van der Waals surface area contributed by atoms with Gasteiger partial charge in [-0.15, -0.1) is 37.0 Å². The van der Waals surface area contributed by atoms with E-state index in [4.69, 9.17) is 0 Å². The molecule has 0 bridgehead atoms. The van der Waals surface area contributed by atoms with Crippen molar-refractivity contribution in [3.8, 4) is 22.3 Å². The lowest BCUT2D eigenvalue weighted by Crippen LogP contribution is -1.96. The second kappa shape index (κ2) is 9.54. The van der Waals surface area contributed by atoms with Crippen LogP contribution in [0.2, 0.25) is 0 Å². The van der Waals surface area contributed by atoms with E-state index in [0.717, 1.165) is 24.6 Å². The highest BCUT2D eigenvalue weighted by molar-refractivity contribution is 7.16. The Morgan fingerprint density at radius 1 is 0.500 bits per heavy atom. The van der Waals surface area contributed by atoms with E-state index in [1.807, 2.05) is 0 Å². The average Bonchev–Trinajstić information content (AvgIpc) is 2.72. The van der Waals surface area contributed by atoms with Crippen molar-refractivity contribution >= 4 is 37.0 Å². The molecule has 0 radical (unpaired) electrons. The topological polar surface area (TPSA) is 0 Å². The molecule has 3 aromatic rings. The number of hydrogen-bond donors (Lipinski definition) is 0. The standard InChI is InChI=1S/C22H26P4/c23-11-15-4-6-16(7-5-15)17-2-1-3-18(8-17)19-9-20(12-24)22(14-26)21(10-19)13-25/h1-10H,11-14,23-26H2. The van der Waals surface area contributed by atoms with Gasteiger partial charge in [0.1, 0.15) is 0 Å². The van der Waals surface area contributed by atoms with Crippen LogP contribution in [0.3, 0.4) is 0 Å². The zero-order valence-electron chi connectivity index (χ0n) is 14.9. The van der Waals surface area contributed by atoms with Crippen molar-refractivity contribution in [1.29, 1.82) is 0 Å². The molecule has 3 aromatic carbocycles. The van der Waals surface area contributed by atoms with E-state index in [1.54, 1.807) is 0 Å². The van der Waals surface area contributed by atoms with Crippen LogP contribution in [0.15, 0.2) is 60.7 Å². The van der Waals surface area contributed by atoms with Gasteiger partial charge in [-0.2, -0.15) is 0 Å². The molecule has 0 saturated heterocycles. The van der Waals surface area contributed by atoms with E-state index in [-0.39, 0.29) is 0 Å². The Hall–Kier alpha value is -0.620. The Bertz CT molecular complexity index is 860. The summed E-state index contributed by atoms with van der Waals surface area (Å²) in [5.41, 5.74) is 10.8. The molecule has 0 aliphatic rings. The first-order valence-electron chi connectivity index (χ1n) is 8.84. The molecule has 4 heteroatoms. The molecular weight excluding hydrogens is 388 g/mol. The fourth-order valence-corrected chi connectivity index (χ4v) is 4.83. The molecule has 0 fully saturated rings. The highest BCUT2D eigenvalue weighted by atomic mass is 31.0. The molecule has 26 heavy (non-hydrogen) atoms. The molecule has 0 saturated carbocycles. The van der Waals surface area contributed by atoms with Crippen LogP contribution < -0.4 is 0 Å². The van der Waals surface area contributed by atoms with E-state index >= 15 is 0 Å². The van der Waals surface area contributed by atoms with Gasteiger partial charge in [-0.05, 0) is 75.2 Å². The van der Waals surface area contributed by atoms with Gasteiger partial charge >= 0.3 is 0 Å². The Labute approximate surface area is 166 Å². The molecule has 0 spiro atoms. The third-order valence-electron chi connectivity index (χ3n) is 4.80. The van der Waals surface area contributed by atoms with Gasteiger partial charge < -0.3 is 0 Å². The van der Waals surface area contributed by atoms with Crippen LogP contribution in [-0.2, 0) is 24.6 Å². The second-order valence-corrected chi connectivity index (χ2v) is 8.00. The lowest BCUT2D eigenvalue weighted by molar-refractivity contribution is 1.21. The minimum absolute atomic E-state index is 0.991. The quantitative estimate of drug-likeness (QED) is 0.403. The van der Waals surface area contributed by atoms with Crippen molar-refractivity contribution in [1.82, 2.24) is 0 Å². The second-order valence-electron chi connectivity index (χ2n) is 6.37. The van der Waals surface area contributed by atoms with E-state index < -0.39 is 0 Å². The molecule has 0 aromatic heterocycles. The van der Waals surface area contributed by atoms with Crippen LogP contribution in [0.4, 0.5) is 0 Å². The summed E-state index contributed by atoms with van der Waals surface area (Å²) < 4.78 is 0. The monoisotopic (exact) mass is 414 g/mol. The van der Waals surface area contributed by atoms with Gasteiger partial charge in [-0.1, -0.05) is 54.6 Å². The van der Waals surface area contributed by atoms with E-state index in [2.05, 4.69) is 97.6 Å². The molecule has 0 nitrogen and oxygen atoms in total. The highest BCUT2D eigenvalue weighted by Crippen LogP contribution is 2.32. The maximum Gasteiger partial charge on any atom is -0.0123 e. The summed E-state index contributed by atoms with van der Waals surface area (Å²) in [6.45, 7) is 0. The molecule has 0 aliphatic heterocycles. The lowest BCUT2D eigenvalue weighted by atomic mass is 9.94. The zero-order chi connectivity index (χ0) is 18.5. The Kier molecular flexibility index (Phi) is 7.38. The fourth-order valence-electron chi connectivity index (χ4n) is 3.30. The van der Waals surface area contributed by atoms with Crippen LogP contribution in [0.5, 0.6) is 0 Å². The molecule has 3 rings (SSSR count). The first kappa shape index (κ1) is 20.1. The van der Waals surface area contributed by atoms with Crippen molar-refractivity contribution in [3.05, 3.63) is 82.9 Å². The Balaban J connectivity index is 2.04. The summed E-state index contributed by atoms with van der Waals surface area (Å²) in [5, 5.41) is 0. The van der Waals surface area contributed by atoms with E-state index in [9.17, 15) is 0 Å². The fraction of sp³-hybridized carbons (Fsp3) is 0.182. The molecule has 0 heterocycles. The summed E-state index contributed by atoms with van der Waals surface area (Å²) in [4.78, 5) is 0. The summed E-state index contributed by atoms with van der Waals surface area (Å²) in [6, 6.07) is 22.5. The van der Waals surface area contributed by atoms with Crippen LogP contribution in [0.25, 0.3) is 22.3 Å². The van der Waals surface area contributed by atoms with Crippen LogP contribution in [0.1, 0.15) is 22.3 Å². The van der Waals surface area contributed by atoms with Crippen LogP contribution in [0, 0.1) is 0 Å². The van der Waals surface area contributed by atoms with Gasteiger partial charge in [-0.25, -0.2) is 0 Å². The van der Waals surface area contributed by atoms with Crippen molar-refractivity contribution < 1.29 is 0 Å². The molecule has 0 aliphatic carbocycles. The van der Waals surface area contributed by atoms with Gasteiger partial charge in [0, 0.05) is 0 Å². The smallest absolute Gasteiger partial charge is 0.0123 e. The van der Waals surface area contributed by atoms with Gasteiger partial charge in [0.15, 0.2) is 0 Å². The van der Waals surface area contributed by atoms with Crippen LogP contribution >= 0.6 is 37.0 Å². The maximum absolute atomic E-state index is 2.88. The Morgan fingerprint density at radius 3 is 1.58 bits per heavy atom. The predicted molar refractivity (Wildman–Crippen MR) is 131 cm³/mol. The van der Waals surface area contributed by atoms with Crippen molar-refractivity contribution in [3.63, 3.8) is 0 Å². The molecule has 4 atom stereocenters. The molecular formula is C22H26P4. The first-order chi connectivity index (χ1) is 12.7. The molecule has 134 valence electrons. The van der Waals surface area contributed by atoms with Gasteiger partial charge in [-0.3, -0.25) is 0 Å². The molecule has 4 unspecified atom stereocenters. The van der Waals surface area contributed by atoms with Crippen molar-refractivity contribution in [2.24, 2.45) is 0 Å². The lowest BCUT2D eigenvalue weighted by Gasteiger charge is -2.15. The predicted octanol–water partition coefficient (Wildman–Crippen LogP) is 6.52. The van der Waals surface area contributed by atoms with E-state index in [1.165, 1.54) is 44.5 Å². The highest BCUT2D eigenvalue weighted by Gasteiger charge is 2.10. The van der Waals surface area contributed by atoms with Crippen molar-refractivity contribution in [2.45, 2.75) is 24.6 Å². The third-order valence-corrected chi connectivity index (χ3v) is 6.56. The first-order valence-corrected chi connectivity index (χ1v) is 12.1. The van der Waals surface area contributed by atoms with Crippen LogP contribution in [-0.4, -0.2) is 0 Å². The SMILES string of the molecule is PCc1ccc(-c2cccc(-c3cc(CP)c(CP)c(CP)c3)c2)cc1. The molecule has 0 N–H and O–H groups in total. The minimum atomic E-state index is 0.991. The Morgan fingerprint density at radius 2 is 1.08 bits per heavy atom.